The van der Waals surface area contributed by atoms with Crippen molar-refractivity contribution in [2.75, 3.05) is 25.9 Å². The van der Waals surface area contributed by atoms with Crippen molar-refractivity contribution in [1.82, 2.24) is 9.88 Å². The van der Waals surface area contributed by atoms with Gasteiger partial charge in [0, 0.05) is 18.9 Å². The average molecular weight is 195 g/mol. The minimum Gasteiger partial charge on any atom is -0.429 e. The standard InChI is InChI=1S/C10H17N3O/c1-3-8-9(12-10(11)14-8)7-4-5-13(2)6-7/h7H,3-6H2,1-2H3,(H2,11,12). The third-order valence-electron chi connectivity index (χ3n) is 2.84. The molecule has 1 unspecified atom stereocenters. The number of nitrogens with zero attached hydrogens (tertiary/aromatic N) is 2. The molecule has 14 heavy (non-hydrogen) atoms. The Morgan fingerprint density at radius 3 is 3.00 bits per heavy atom. The molecule has 2 N–H and O–H groups in total. The zero-order valence-electron chi connectivity index (χ0n) is 8.79. The maximum atomic E-state index is 5.57. The molecule has 78 valence electrons. The minimum absolute atomic E-state index is 0.311. The molecule has 1 aliphatic heterocycles. The van der Waals surface area contributed by atoms with Crippen molar-refractivity contribution in [2.45, 2.75) is 25.7 Å². The molecule has 0 aromatic carbocycles. The van der Waals surface area contributed by atoms with Crippen LogP contribution in [0.25, 0.3) is 0 Å². The fourth-order valence-corrected chi connectivity index (χ4v) is 2.11. The maximum Gasteiger partial charge on any atom is 0.292 e. The van der Waals surface area contributed by atoms with Crippen molar-refractivity contribution in [3.63, 3.8) is 0 Å². The largest absolute Gasteiger partial charge is 0.429 e. The van der Waals surface area contributed by atoms with Crippen molar-refractivity contribution in [1.29, 1.82) is 0 Å². The van der Waals surface area contributed by atoms with Gasteiger partial charge in [-0.15, -0.1) is 0 Å². The summed E-state index contributed by atoms with van der Waals surface area (Å²) < 4.78 is 5.36. The number of nitrogens with two attached hydrogens (primary N) is 1. The van der Waals surface area contributed by atoms with Crippen LogP contribution >= 0.6 is 0 Å². The van der Waals surface area contributed by atoms with Gasteiger partial charge in [0.1, 0.15) is 5.76 Å². The van der Waals surface area contributed by atoms with E-state index in [0.29, 0.717) is 11.9 Å². The van der Waals surface area contributed by atoms with Gasteiger partial charge in [0.05, 0.1) is 5.69 Å². The Bertz CT molecular complexity index is 321. The van der Waals surface area contributed by atoms with E-state index in [1.807, 2.05) is 0 Å². The van der Waals surface area contributed by atoms with E-state index >= 15 is 0 Å². The highest BCUT2D eigenvalue weighted by molar-refractivity contribution is 5.24. The summed E-state index contributed by atoms with van der Waals surface area (Å²) in [5.41, 5.74) is 6.64. The summed E-state index contributed by atoms with van der Waals surface area (Å²) in [7, 11) is 2.13. The molecule has 0 radical (unpaired) electrons. The first kappa shape index (κ1) is 9.52. The van der Waals surface area contributed by atoms with Crippen LogP contribution in [0.4, 0.5) is 6.01 Å². The van der Waals surface area contributed by atoms with Crippen LogP contribution in [0, 0.1) is 0 Å². The van der Waals surface area contributed by atoms with Gasteiger partial charge in [0.15, 0.2) is 0 Å². The third-order valence-corrected chi connectivity index (χ3v) is 2.84. The van der Waals surface area contributed by atoms with Crippen molar-refractivity contribution < 1.29 is 4.42 Å². The van der Waals surface area contributed by atoms with Crippen molar-refractivity contribution in [3.8, 4) is 0 Å². The molecule has 4 nitrogen and oxygen atoms in total. The maximum absolute atomic E-state index is 5.57. The lowest BCUT2D eigenvalue weighted by Gasteiger charge is -2.08. The third kappa shape index (κ3) is 1.62. The predicted octanol–water partition coefficient (Wildman–Crippen LogP) is 1.24. The molecule has 2 rings (SSSR count). The lowest BCUT2D eigenvalue weighted by Crippen LogP contribution is -2.13. The Labute approximate surface area is 84.1 Å². The van der Waals surface area contributed by atoms with Gasteiger partial charge in [0.2, 0.25) is 0 Å². The molecule has 0 spiro atoms. The van der Waals surface area contributed by atoms with E-state index in [4.69, 9.17) is 10.2 Å². The van der Waals surface area contributed by atoms with Crippen LogP contribution in [0.2, 0.25) is 0 Å². The molecule has 1 fully saturated rings. The first-order valence-electron chi connectivity index (χ1n) is 5.14. The van der Waals surface area contributed by atoms with E-state index in [0.717, 1.165) is 37.4 Å². The Morgan fingerprint density at radius 1 is 1.64 bits per heavy atom. The monoisotopic (exact) mass is 195 g/mol. The van der Waals surface area contributed by atoms with Gasteiger partial charge in [-0.25, -0.2) is 0 Å². The van der Waals surface area contributed by atoms with Crippen LogP contribution in [0.5, 0.6) is 0 Å². The number of nitrogen functional groups attached to an aromatic ring is 1. The van der Waals surface area contributed by atoms with Gasteiger partial charge in [-0.2, -0.15) is 4.98 Å². The number of likely N-dealkylation sites (N-methyl/N-ethyl adjacent to an activating group) is 1. The predicted molar refractivity (Wildman–Crippen MR) is 55.1 cm³/mol. The van der Waals surface area contributed by atoms with Gasteiger partial charge in [0.25, 0.3) is 6.01 Å². The van der Waals surface area contributed by atoms with E-state index in [-0.39, 0.29) is 0 Å². The van der Waals surface area contributed by atoms with Crippen LogP contribution in [-0.2, 0) is 6.42 Å². The van der Waals surface area contributed by atoms with Crippen LogP contribution in [-0.4, -0.2) is 30.0 Å². The van der Waals surface area contributed by atoms with Gasteiger partial charge in [-0.3, -0.25) is 0 Å². The van der Waals surface area contributed by atoms with Crippen LogP contribution in [0.1, 0.15) is 30.7 Å². The Balaban J connectivity index is 2.22. The summed E-state index contributed by atoms with van der Waals surface area (Å²) in [4.78, 5) is 6.60. The molecule has 0 aliphatic carbocycles. The molecule has 1 saturated heterocycles. The second-order valence-electron chi connectivity index (χ2n) is 3.96. The smallest absolute Gasteiger partial charge is 0.292 e. The number of hydrogen-bond acceptors (Lipinski definition) is 4. The van der Waals surface area contributed by atoms with Gasteiger partial charge < -0.3 is 15.1 Å². The zero-order chi connectivity index (χ0) is 10.1. The topological polar surface area (TPSA) is 55.3 Å². The number of hydrogen-bond donors (Lipinski definition) is 1. The van der Waals surface area contributed by atoms with E-state index in [1.165, 1.54) is 0 Å². The van der Waals surface area contributed by atoms with Crippen molar-refractivity contribution >= 4 is 6.01 Å². The lowest BCUT2D eigenvalue weighted by molar-refractivity contribution is 0.410. The summed E-state index contributed by atoms with van der Waals surface area (Å²) in [6.07, 6.45) is 2.04. The average Bonchev–Trinajstić information content (AvgIpc) is 2.71. The molecule has 2 heterocycles. The van der Waals surface area contributed by atoms with E-state index in [1.54, 1.807) is 0 Å². The Morgan fingerprint density at radius 2 is 2.43 bits per heavy atom. The number of likely N-dealkylation sites (tertiary alicyclic amines) is 1. The van der Waals surface area contributed by atoms with Crippen molar-refractivity contribution in [2.24, 2.45) is 0 Å². The number of aryl methyl sites for hydroxylation is 1. The van der Waals surface area contributed by atoms with E-state index < -0.39 is 0 Å². The van der Waals surface area contributed by atoms with E-state index in [9.17, 15) is 0 Å². The first-order chi connectivity index (χ1) is 6.70. The van der Waals surface area contributed by atoms with Crippen LogP contribution in [0.3, 0.4) is 0 Å². The first-order valence-corrected chi connectivity index (χ1v) is 5.14. The molecule has 1 aromatic rings. The molecule has 0 amide bonds. The normalized spacial score (nSPS) is 23.1. The SMILES string of the molecule is CCc1oc(N)nc1C1CCN(C)C1. The summed E-state index contributed by atoms with van der Waals surface area (Å²) >= 11 is 0. The number of rotatable bonds is 2. The second-order valence-corrected chi connectivity index (χ2v) is 3.96. The Kier molecular flexibility index (Phi) is 2.46. The highest BCUT2D eigenvalue weighted by Gasteiger charge is 2.26. The molecule has 1 aliphatic rings. The fourth-order valence-electron chi connectivity index (χ4n) is 2.11. The van der Waals surface area contributed by atoms with E-state index in [2.05, 4.69) is 23.9 Å². The molecule has 1 atom stereocenters. The van der Waals surface area contributed by atoms with Gasteiger partial charge >= 0.3 is 0 Å². The highest BCUT2D eigenvalue weighted by atomic mass is 16.4. The highest BCUT2D eigenvalue weighted by Crippen LogP contribution is 2.29. The van der Waals surface area contributed by atoms with Crippen LogP contribution in [0.15, 0.2) is 4.42 Å². The van der Waals surface area contributed by atoms with Gasteiger partial charge in [-0.1, -0.05) is 6.92 Å². The van der Waals surface area contributed by atoms with Crippen LogP contribution < -0.4 is 5.73 Å². The fraction of sp³-hybridized carbons (Fsp3) is 0.700. The Hall–Kier alpha value is -1.03. The number of anilines is 1. The minimum atomic E-state index is 0.311. The number of oxazole rings is 1. The molecular formula is C10H17N3O. The second kappa shape index (κ2) is 3.61. The summed E-state index contributed by atoms with van der Waals surface area (Å²) in [5.74, 6) is 1.47. The zero-order valence-corrected chi connectivity index (χ0v) is 8.79. The molecule has 0 saturated carbocycles. The van der Waals surface area contributed by atoms with Gasteiger partial charge in [-0.05, 0) is 20.0 Å². The number of aromatic nitrogens is 1. The molecule has 1 aromatic heterocycles. The van der Waals surface area contributed by atoms with Crippen molar-refractivity contribution in [3.05, 3.63) is 11.5 Å². The summed E-state index contributed by atoms with van der Waals surface area (Å²) in [6.45, 7) is 4.28. The molecule has 4 heteroatoms. The summed E-state index contributed by atoms with van der Waals surface area (Å²) in [5, 5.41) is 0. The summed E-state index contributed by atoms with van der Waals surface area (Å²) in [6, 6.07) is 0.311. The lowest BCUT2D eigenvalue weighted by atomic mass is 10.0. The molecular weight excluding hydrogens is 178 g/mol. The molecule has 0 bridgehead atoms. The quantitative estimate of drug-likeness (QED) is 0.771.